The maximum Gasteiger partial charge on any atom is 0.359 e. The summed E-state index contributed by atoms with van der Waals surface area (Å²) in [6.07, 6.45) is 0.887. The molecule has 3 rings (SSSR count). The standard InChI is InChI=1S/C21H29N3O3/c1-5-27-21(25)20-18-14-23(13-16-7-6-8-17(11-16)26-4)10-9-19(18)24(22-20)12-15(2)3/h6-8,11,15H,5,9-10,12-14H2,1-4H3. The SMILES string of the molecule is CCOC(=O)c1nn(CC(C)C)c2c1CN(Cc1cccc(OC)c1)CC2. The third kappa shape index (κ3) is 4.50. The molecule has 27 heavy (non-hydrogen) atoms. The van der Waals surface area contributed by atoms with Gasteiger partial charge in [0, 0.05) is 43.9 Å². The van der Waals surface area contributed by atoms with Crippen LogP contribution >= 0.6 is 0 Å². The van der Waals surface area contributed by atoms with Gasteiger partial charge >= 0.3 is 5.97 Å². The Morgan fingerprint density at radius 3 is 2.85 bits per heavy atom. The molecule has 0 fully saturated rings. The molecule has 1 aliphatic rings. The number of esters is 1. The Bertz CT molecular complexity index is 798. The lowest BCUT2D eigenvalue weighted by Gasteiger charge is -2.28. The Kier molecular flexibility index (Phi) is 6.16. The van der Waals surface area contributed by atoms with Gasteiger partial charge in [-0.05, 0) is 30.5 Å². The molecule has 0 amide bonds. The Balaban J connectivity index is 1.84. The van der Waals surface area contributed by atoms with Crippen LogP contribution < -0.4 is 4.74 Å². The highest BCUT2D eigenvalue weighted by Gasteiger charge is 2.29. The minimum Gasteiger partial charge on any atom is -0.497 e. The number of methoxy groups -OCH3 is 1. The molecule has 6 nitrogen and oxygen atoms in total. The van der Waals surface area contributed by atoms with Crippen LogP contribution in [0.1, 0.15) is 48.1 Å². The van der Waals surface area contributed by atoms with E-state index in [2.05, 4.69) is 36.0 Å². The Morgan fingerprint density at radius 2 is 2.15 bits per heavy atom. The van der Waals surface area contributed by atoms with Gasteiger partial charge < -0.3 is 9.47 Å². The zero-order chi connectivity index (χ0) is 19.4. The molecule has 0 unspecified atom stereocenters. The van der Waals surface area contributed by atoms with Crippen molar-refractivity contribution in [2.75, 3.05) is 20.3 Å². The fourth-order valence-electron chi connectivity index (χ4n) is 3.57. The lowest BCUT2D eigenvalue weighted by atomic mass is 10.0. The van der Waals surface area contributed by atoms with Gasteiger partial charge in [-0.15, -0.1) is 0 Å². The molecule has 0 spiro atoms. The van der Waals surface area contributed by atoms with Crippen molar-refractivity contribution in [1.29, 1.82) is 0 Å². The van der Waals surface area contributed by atoms with Crippen LogP contribution in [0.25, 0.3) is 0 Å². The summed E-state index contributed by atoms with van der Waals surface area (Å²) in [6, 6.07) is 8.12. The topological polar surface area (TPSA) is 56.6 Å². The molecule has 0 N–H and O–H groups in total. The molecule has 0 radical (unpaired) electrons. The fraction of sp³-hybridized carbons (Fsp3) is 0.524. The number of nitrogens with zero attached hydrogens (tertiary/aromatic N) is 3. The average Bonchev–Trinajstić information content (AvgIpc) is 2.99. The zero-order valence-corrected chi connectivity index (χ0v) is 16.7. The second-order valence-corrected chi connectivity index (χ2v) is 7.38. The molecule has 0 bridgehead atoms. The van der Waals surface area contributed by atoms with E-state index < -0.39 is 0 Å². The summed E-state index contributed by atoms with van der Waals surface area (Å²) in [4.78, 5) is 14.8. The molecule has 146 valence electrons. The minimum absolute atomic E-state index is 0.320. The molecule has 0 saturated carbocycles. The number of hydrogen-bond acceptors (Lipinski definition) is 5. The highest BCUT2D eigenvalue weighted by Crippen LogP contribution is 2.26. The van der Waals surface area contributed by atoms with Crippen LogP contribution in [0.2, 0.25) is 0 Å². The molecule has 0 atom stereocenters. The van der Waals surface area contributed by atoms with Crippen molar-refractivity contribution < 1.29 is 14.3 Å². The van der Waals surface area contributed by atoms with Gasteiger partial charge in [0.05, 0.1) is 13.7 Å². The number of aromatic nitrogens is 2. The number of hydrogen-bond donors (Lipinski definition) is 0. The summed E-state index contributed by atoms with van der Waals surface area (Å²) in [5, 5.41) is 4.61. The second kappa shape index (κ2) is 8.57. The van der Waals surface area contributed by atoms with Crippen molar-refractivity contribution in [2.24, 2.45) is 5.92 Å². The minimum atomic E-state index is -0.320. The predicted octanol–water partition coefficient (Wildman–Crippen LogP) is 3.28. The Labute approximate surface area is 161 Å². The highest BCUT2D eigenvalue weighted by molar-refractivity contribution is 5.89. The van der Waals surface area contributed by atoms with Gasteiger partial charge in [-0.1, -0.05) is 26.0 Å². The van der Waals surface area contributed by atoms with Crippen molar-refractivity contribution in [1.82, 2.24) is 14.7 Å². The molecule has 0 saturated heterocycles. The summed E-state index contributed by atoms with van der Waals surface area (Å²) in [6.45, 7) is 9.79. The first kappa shape index (κ1) is 19.4. The number of rotatable bonds is 7. The summed E-state index contributed by atoms with van der Waals surface area (Å²) in [7, 11) is 1.68. The maximum atomic E-state index is 12.4. The predicted molar refractivity (Wildman–Crippen MR) is 104 cm³/mol. The number of carbonyl (C=O) groups excluding carboxylic acids is 1. The molecule has 0 aliphatic carbocycles. The van der Waals surface area contributed by atoms with E-state index in [9.17, 15) is 4.79 Å². The first-order valence-electron chi connectivity index (χ1n) is 9.62. The summed E-state index contributed by atoms with van der Waals surface area (Å²) in [5.41, 5.74) is 3.87. The van der Waals surface area contributed by atoms with E-state index in [1.165, 1.54) is 11.3 Å². The summed E-state index contributed by atoms with van der Waals surface area (Å²) >= 11 is 0. The average molecular weight is 371 g/mol. The molecule has 2 aromatic rings. The lowest BCUT2D eigenvalue weighted by Crippen LogP contribution is -2.31. The Hall–Kier alpha value is -2.34. The van der Waals surface area contributed by atoms with Crippen molar-refractivity contribution in [3.8, 4) is 5.75 Å². The normalized spacial score (nSPS) is 14.3. The largest absolute Gasteiger partial charge is 0.497 e. The van der Waals surface area contributed by atoms with Gasteiger partial charge in [-0.2, -0.15) is 5.10 Å². The monoisotopic (exact) mass is 371 g/mol. The van der Waals surface area contributed by atoms with Crippen molar-refractivity contribution in [2.45, 2.75) is 46.8 Å². The third-order valence-electron chi connectivity index (χ3n) is 4.76. The van der Waals surface area contributed by atoms with Gasteiger partial charge in [-0.3, -0.25) is 9.58 Å². The van der Waals surface area contributed by atoms with Crippen LogP contribution in [0, 0.1) is 5.92 Å². The highest BCUT2D eigenvalue weighted by atomic mass is 16.5. The first-order chi connectivity index (χ1) is 13.0. The summed E-state index contributed by atoms with van der Waals surface area (Å²) < 4.78 is 12.6. The second-order valence-electron chi connectivity index (χ2n) is 7.38. The van der Waals surface area contributed by atoms with Crippen LogP contribution in [-0.2, 0) is 30.8 Å². The van der Waals surface area contributed by atoms with Gasteiger partial charge in [0.25, 0.3) is 0 Å². The quantitative estimate of drug-likeness (QED) is 0.699. The molecule has 1 aliphatic heterocycles. The number of ether oxygens (including phenoxy) is 2. The Morgan fingerprint density at radius 1 is 1.33 bits per heavy atom. The fourth-order valence-corrected chi connectivity index (χ4v) is 3.57. The van der Waals surface area contributed by atoms with Gasteiger partial charge in [0.1, 0.15) is 5.75 Å². The molecule has 2 heterocycles. The maximum absolute atomic E-state index is 12.4. The van der Waals surface area contributed by atoms with E-state index in [4.69, 9.17) is 9.47 Å². The third-order valence-corrected chi connectivity index (χ3v) is 4.76. The molecule has 1 aromatic carbocycles. The van der Waals surface area contributed by atoms with E-state index in [0.717, 1.165) is 37.4 Å². The first-order valence-corrected chi connectivity index (χ1v) is 9.62. The summed E-state index contributed by atoms with van der Waals surface area (Å²) in [5.74, 6) is 1.01. The molecular weight excluding hydrogens is 342 g/mol. The van der Waals surface area contributed by atoms with Gasteiger partial charge in [0.15, 0.2) is 5.69 Å². The van der Waals surface area contributed by atoms with E-state index in [1.807, 2.05) is 23.7 Å². The van der Waals surface area contributed by atoms with Crippen LogP contribution in [-0.4, -0.2) is 40.9 Å². The van der Waals surface area contributed by atoms with Crippen LogP contribution in [0.5, 0.6) is 5.75 Å². The molecular formula is C21H29N3O3. The van der Waals surface area contributed by atoms with Gasteiger partial charge in [0.2, 0.25) is 0 Å². The van der Waals surface area contributed by atoms with Crippen LogP contribution in [0.15, 0.2) is 24.3 Å². The van der Waals surface area contributed by atoms with E-state index in [-0.39, 0.29) is 5.97 Å². The number of benzene rings is 1. The zero-order valence-electron chi connectivity index (χ0n) is 16.7. The molecule has 6 heteroatoms. The molecule has 1 aromatic heterocycles. The number of carbonyl (C=O) groups is 1. The van der Waals surface area contributed by atoms with E-state index >= 15 is 0 Å². The van der Waals surface area contributed by atoms with Crippen molar-refractivity contribution >= 4 is 5.97 Å². The van der Waals surface area contributed by atoms with Crippen molar-refractivity contribution in [3.05, 3.63) is 46.8 Å². The lowest BCUT2D eigenvalue weighted by molar-refractivity contribution is 0.0515. The van der Waals surface area contributed by atoms with Crippen molar-refractivity contribution in [3.63, 3.8) is 0 Å². The van der Waals surface area contributed by atoms with E-state index in [1.54, 1.807) is 7.11 Å². The van der Waals surface area contributed by atoms with Crippen LogP contribution in [0.3, 0.4) is 0 Å². The smallest absolute Gasteiger partial charge is 0.359 e. The van der Waals surface area contributed by atoms with E-state index in [0.29, 0.717) is 24.8 Å². The number of fused-ring (bicyclic) bond motifs is 1. The van der Waals surface area contributed by atoms with Gasteiger partial charge in [-0.25, -0.2) is 4.79 Å². The van der Waals surface area contributed by atoms with Crippen LogP contribution in [0.4, 0.5) is 0 Å².